The van der Waals surface area contributed by atoms with Crippen LogP contribution in [0.15, 0.2) is 0 Å². The average molecular weight is 252 g/mol. The van der Waals surface area contributed by atoms with Gasteiger partial charge in [0, 0.05) is 12.6 Å². The Morgan fingerprint density at radius 3 is 2.56 bits per heavy atom. The van der Waals surface area contributed by atoms with E-state index in [0.29, 0.717) is 0 Å². The summed E-state index contributed by atoms with van der Waals surface area (Å²) in [5, 5.41) is 3.55. The highest BCUT2D eigenvalue weighted by Crippen LogP contribution is 2.33. The van der Waals surface area contributed by atoms with Gasteiger partial charge in [-0.05, 0) is 63.6 Å². The Labute approximate surface area is 114 Å². The molecule has 1 saturated carbocycles. The van der Waals surface area contributed by atoms with Crippen molar-refractivity contribution in [3.63, 3.8) is 0 Å². The molecule has 0 aromatic carbocycles. The lowest BCUT2D eigenvalue weighted by molar-refractivity contribution is 0.0829. The van der Waals surface area contributed by atoms with Crippen LogP contribution in [0.4, 0.5) is 0 Å². The molecule has 0 bridgehead atoms. The zero-order valence-electron chi connectivity index (χ0n) is 12.6. The van der Waals surface area contributed by atoms with Gasteiger partial charge in [-0.25, -0.2) is 0 Å². The van der Waals surface area contributed by atoms with Gasteiger partial charge in [-0.2, -0.15) is 0 Å². The van der Waals surface area contributed by atoms with Crippen LogP contribution >= 0.6 is 0 Å². The fraction of sp³-hybridized carbons (Fsp3) is 1.00. The van der Waals surface area contributed by atoms with Crippen LogP contribution in [-0.4, -0.2) is 37.6 Å². The quantitative estimate of drug-likeness (QED) is 0.827. The van der Waals surface area contributed by atoms with E-state index in [0.717, 1.165) is 23.8 Å². The van der Waals surface area contributed by atoms with Crippen molar-refractivity contribution >= 4 is 0 Å². The molecular weight excluding hydrogens is 220 g/mol. The smallest absolute Gasteiger partial charge is 0.0123 e. The first-order valence-corrected chi connectivity index (χ1v) is 8.09. The lowest BCUT2D eigenvalue weighted by Gasteiger charge is -2.42. The molecule has 2 nitrogen and oxygen atoms in total. The molecule has 3 atom stereocenters. The molecule has 0 radical (unpaired) electrons. The van der Waals surface area contributed by atoms with Gasteiger partial charge in [-0.15, -0.1) is 0 Å². The van der Waals surface area contributed by atoms with E-state index in [9.17, 15) is 0 Å². The van der Waals surface area contributed by atoms with Gasteiger partial charge in [0.1, 0.15) is 0 Å². The molecule has 18 heavy (non-hydrogen) atoms. The van der Waals surface area contributed by atoms with Crippen LogP contribution in [0.1, 0.15) is 52.4 Å². The van der Waals surface area contributed by atoms with Gasteiger partial charge < -0.3 is 10.2 Å². The van der Waals surface area contributed by atoms with Gasteiger partial charge in [-0.1, -0.05) is 26.7 Å². The third-order valence-corrected chi connectivity index (χ3v) is 5.15. The SMILES string of the molecule is CC(C)C1CCCCC1N(C)CC1CCCNC1. The first-order chi connectivity index (χ1) is 8.68. The minimum absolute atomic E-state index is 0.848. The Balaban J connectivity index is 1.86. The molecule has 0 spiro atoms. The van der Waals surface area contributed by atoms with Crippen LogP contribution in [0.25, 0.3) is 0 Å². The van der Waals surface area contributed by atoms with E-state index in [1.165, 1.54) is 58.2 Å². The molecule has 1 N–H and O–H groups in total. The van der Waals surface area contributed by atoms with Crippen molar-refractivity contribution in [2.24, 2.45) is 17.8 Å². The Morgan fingerprint density at radius 1 is 1.11 bits per heavy atom. The molecule has 2 aliphatic rings. The van der Waals surface area contributed by atoms with Gasteiger partial charge in [0.15, 0.2) is 0 Å². The highest BCUT2D eigenvalue weighted by atomic mass is 15.1. The first kappa shape index (κ1) is 14.3. The molecule has 3 unspecified atom stereocenters. The van der Waals surface area contributed by atoms with Crippen molar-refractivity contribution in [1.82, 2.24) is 10.2 Å². The molecule has 2 heteroatoms. The molecule has 1 heterocycles. The monoisotopic (exact) mass is 252 g/mol. The maximum Gasteiger partial charge on any atom is 0.0123 e. The van der Waals surface area contributed by atoms with Gasteiger partial charge in [0.25, 0.3) is 0 Å². The number of hydrogen-bond acceptors (Lipinski definition) is 2. The zero-order chi connectivity index (χ0) is 13.0. The summed E-state index contributed by atoms with van der Waals surface area (Å²) in [6, 6.07) is 0.848. The second kappa shape index (κ2) is 6.91. The topological polar surface area (TPSA) is 15.3 Å². The summed E-state index contributed by atoms with van der Waals surface area (Å²) in [5.74, 6) is 2.67. The van der Waals surface area contributed by atoms with Gasteiger partial charge in [0.2, 0.25) is 0 Å². The second-order valence-electron chi connectivity index (χ2n) is 6.91. The Hall–Kier alpha value is -0.0800. The van der Waals surface area contributed by atoms with Crippen molar-refractivity contribution in [2.45, 2.75) is 58.4 Å². The van der Waals surface area contributed by atoms with Gasteiger partial charge in [0.05, 0.1) is 0 Å². The summed E-state index contributed by atoms with van der Waals surface area (Å²) >= 11 is 0. The van der Waals surface area contributed by atoms with Gasteiger partial charge in [-0.3, -0.25) is 0 Å². The summed E-state index contributed by atoms with van der Waals surface area (Å²) < 4.78 is 0. The van der Waals surface area contributed by atoms with Crippen molar-refractivity contribution in [1.29, 1.82) is 0 Å². The fourth-order valence-corrected chi connectivity index (χ4v) is 4.09. The van der Waals surface area contributed by atoms with Crippen LogP contribution in [-0.2, 0) is 0 Å². The van der Waals surface area contributed by atoms with Crippen molar-refractivity contribution < 1.29 is 0 Å². The fourth-order valence-electron chi connectivity index (χ4n) is 4.09. The molecule has 0 amide bonds. The van der Waals surface area contributed by atoms with Crippen LogP contribution in [0.3, 0.4) is 0 Å². The molecule has 1 aliphatic carbocycles. The van der Waals surface area contributed by atoms with Crippen molar-refractivity contribution in [3.05, 3.63) is 0 Å². The molecule has 2 rings (SSSR count). The lowest BCUT2D eigenvalue weighted by atomic mass is 9.77. The van der Waals surface area contributed by atoms with Crippen LogP contribution in [0.2, 0.25) is 0 Å². The second-order valence-corrected chi connectivity index (χ2v) is 6.91. The third kappa shape index (κ3) is 3.71. The minimum atomic E-state index is 0.848. The largest absolute Gasteiger partial charge is 0.316 e. The number of nitrogens with zero attached hydrogens (tertiary/aromatic N) is 1. The van der Waals surface area contributed by atoms with E-state index in [1.54, 1.807) is 0 Å². The summed E-state index contributed by atoms with van der Waals surface area (Å²) in [7, 11) is 2.37. The van der Waals surface area contributed by atoms with E-state index in [4.69, 9.17) is 0 Å². The van der Waals surface area contributed by atoms with Gasteiger partial charge >= 0.3 is 0 Å². The minimum Gasteiger partial charge on any atom is -0.316 e. The summed E-state index contributed by atoms with van der Waals surface area (Å²) in [5.41, 5.74) is 0. The van der Waals surface area contributed by atoms with Crippen LogP contribution in [0.5, 0.6) is 0 Å². The number of rotatable bonds is 4. The van der Waals surface area contributed by atoms with E-state index >= 15 is 0 Å². The number of piperidine rings is 1. The van der Waals surface area contributed by atoms with Crippen LogP contribution < -0.4 is 5.32 Å². The Morgan fingerprint density at radius 2 is 1.89 bits per heavy atom. The summed E-state index contributed by atoms with van der Waals surface area (Å²) in [4.78, 5) is 2.70. The predicted molar refractivity (Wildman–Crippen MR) is 78.8 cm³/mol. The molecule has 2 fully saturated rings. The van der Waals surface area contributed by atoms with Crippen molar-refractivity contribution in [3.8, 4) is 0 Å². The Kier molecular flexibility index (Phi) is 5.50. The van der Waals surface area contributed by atoms with Crippen LogP contribution in [0, 0.1) is 17.8 Å². The maximum absolute atomic E-state index is 3.55. The first-order valence-electron chi connectivity index (χ1n) is 8.09. The molecular formula is C16H32N2. The molecule has 0 aromatic rings. The summed E-state index contributed by atoms with van der Waals surface area (Å²) in [6.45, 7) is 8.61. The number of hydrogen-bond donors (Lipinski definition) is 1. The third-order valence-electron chi connectivity index (χ3n) is 5.15. The highest BCUT2D eigenvalue weighted by Gasteiger charge is 2.31. The molecule has 1 aliphatic heterocycles. The normalized spacial score (nSPS) is 34.2. The number of nitrogens with one attached hydrogen (secondary N) is 1. The van der Waals surface area contributed by atoms with Crippen molar-refractivity contribution in [2.75, 3.05) is 26.7 Å². The van der Waals surface area contributed by atoms with E-state index in [-0.39, 0.29) is 0 Å². The summed E-state index contributed by atoms with van der Waals surface area (Å²) in [6.07, 6.45) is 8.58. The molecule has 1 saturated heterocycles. The zero-order valence-corrected chi connectivity index (χ0v) is 12.6. The molecule has 0 aromatic heterocycles. The maximum atomic E-state index is 3.55. The highest BCUT2D eigenvalue weighted by molar-refractivity contribution is 4.85. The standard InChI is InChI=1S/C16H32N2/c1-13(2)15-8-4-5-9-16(15)18(3)12-14-7-6-10-17-11-14/h13-17H,4-12H2,1-3H3. The van der Waals surface area contributed by atoms with E-state index in [1.807, 2.05) is 0 Å². The predicted octanol–water partition coefficient (Wildman–Crippen LogP) is 3.13. The Bertz CT molecular complexity index is 233. The lowest BCUT2D eigenvalue weighted by Crippen LogP contribution is -2.46. The van der Waals surface area contributed by atoms with E-state index in [2.05, 4.69) is 31.1 Å². The molecule has 106 valence electrons. The average Bonchev–Trinajstić information content (AvgIpc) is 2.40. The van der Waals surface area contributed by atoms with E-state index < -0.39 is 0 Å².